The van der Waals surface area contributed by atoms with Crippen molar-refractivity contribution in [2.24, 2.45) is 0 Å². The first-order chi connectivity index (χ1) is 9.75. The maximum Gasteiger partial charge on any atom is 0.246 e. The lowest BCUT2D eigenvalue weighted by Gasteiger charge is -2.21. The van der Waals surface area contributed by atoms with Gasteiger partial charge in [-0.2, -0.15) is 4.31 Å². The van der Waals surface area contributed by atoms with Crippen LogP contribution in [0.15, 0.2) is 9.31 Å². The molecule has 0 saturated heterocycles. The average Bonchev–Trinajstić information content (AvgIpc) is 2.68. The lowest BCUT2D eigenvalue weighted by Crippen LogP contribution is -2.34. The predicted octanol–water partition coefficient (Wildman–Crippen LogP) is 2.60. The minimum absolute atomic E-state index is 0.132. The van der Waals surface area contributed by atoms with Crippen LogP contribution in [-0.4, -0.2) is 51.4 Å². The molecule has 0 atom stereocenters. The SMILES string of the molecule is CCN(CCCN(C)C)S(=O)(=O)c1c(C)oc(C)c1CCl. The largest absolute Gasteiger partial charge is 0.465 e. The normalized spacial score (nSPS) is 12.6. The molecule has 0 spiro atoms. The number of rotatable bonds is 8. The zero-order chi connectivity index (χ0) is 16.2. The third-order valence-corrected chi connectivity index (χ3v) is 5.86. The number of aryl methyl sites for hydroxylation is 2. The number of halogens is 1. The molecule has 1 aromatic heterocycles. The van der Waals surface area contributed by atoms with E-state index in [9.17, 15) is 8.42 Å². The molecule has 0 bridgehead atoms. The van der Waals surface area contributed by atoms with E-state index in [1.54, 1.807) is 13.8 Å². The van der Waals surface area contributed by atoms with Gasteiger partial charge in [0.05, 0.1) is 5.88 Å². The maximum atomic E-state index is 12.8. The van der Waals surface area contributed by atoms with Gasteiger partial charge in [0.15, 0.2) is 0 Å². The van der Waals surface area contributed by atoms with Crippen molar-refractivity contribution in [3.8, 4) is 0 Å². The van der Waals surface area contributed by atoms with Gasteiger partial charge in [-0.3, -0.25) is 0 Å². The summed E-state index contributed by atoms with van der Waals surface area (Å²) < 4.78 is 32.6. The Morgan fingerprint density at radius 2 is 1.76 bits per heavy atom. The Morgan fingerprint density at radius 3 is 2.24 bits per heavy atom. The van der Waals surface area contributed by atoms with Gasteiger partial charge in [0.2, 0.25) is 10.0 Å². The fourth-order valence-electron chi connectivity index (χ4n) is 2.34. The van der Waals surface area contributed by atoms with Crippen LogP contribution < -0.4 is 0 Å². The summed E-state index contributed by atoms with van der Waals surface area (Å²) in [6, 6.07) is 0. The zero-order valence-electron chi connectivity index (χ0n) is 13.4. The minimum atomic E-state index is -3.57. The van der Waals surface area contributed by atoms with Gasteiger partial charge in [-0.25, -0.2) is 8.42 Å². The Balaban J connectivity index is 3.08. The summed E-state index contributed by atoms with van der Waals surface area (Å²) in [5.74, 6) is 1.12. The Hall–Kier alpha value is -0.560. The predicted molar refractivity (Wildman–Crippen MR) is 85.3 cm³/mol. The van der Waals surface area contributed by atoms with Gasteiger partial charge in [0.25, 0.3) is 0 Å². The van der Waals surface area contributed by atoms with E-state index in [-0.39, 0.29) is 10.8 Å². The molecule has 0 saturated carbocycles. The zero-order valence-corrected chi connectivity index (χ0v) is 15.0. The van der Waals surface area contributed by atoms with Gasteiger partial charge in [-0.05, 0) is 40.9 Å². The molecule has 1 heterocycles. The van der Waals surface area contributed by atoms with Gasteiger partial charge in [-0.15, -0.1) is 11.6 Å². The van der Waals surface area contributed by atoms with Crippen LogP contribution in [-0.2, 0) is 15.9 Å². The van der Waals surface area contributed by atoms with Gasteiger partial charge in [0, 0.05) is 18.7 Å². The molecule has 0 N–H and O–H groups in total. The number of hydrogen-bond donors (Lipinski definition) is 0. The molecule has 1 aromatic rings. The van der Waals surface area contributed by atoms with Crippen molar-refractivity contribution in [1.82, 2.24) is 9.21 Å². The Labute approximate surface area is 132 Å². The van der Waals surface area contributed by atoms with E-state index in [1.165, 1.54) is 4.31 Å². The van der Waals surface area contributed by atoms with Gasteiger partial charge in [-0.1, -0.05) is 6.92 Å². The molecule has 1 rings (SSSR count). The Morgan fingerprint density at radius 1 is 1.14 bits per heavy atom. The summed E-state index contributed by atoms with van der Waals surface area (Å²) in [4.78, 5) is 2.28. The number of hydrogen-bond acceptors (Lipinski definition) is 4. The van der Waals surface area contributed by atoms with E-state index in [0.717, 1.165) is 13.0 Å². The lowest BCUT2D eigenvalue weighted by atomic mass is 10.3. The fourth-order valence-corrected chi connectivity index (χ4v) is 4.64. The quantitative estimate of drug-likeness (QED) is 0.685. The molecule has 5 nitrogen and oxygen atoms in total. The number of sulfonamides is 1. The Kier molecular flexibility index (Phi) is 6.71. The second kappa shape index (κ2) is 7.63. The highest BCUT2D eigenvalue weighted by Gasteiger charge is 2.31. The van der Waals surface area contributed by atoms with Crippen molar-refractivity contribution >= 4 is 21.6 Å². The molecule has 0 aliphatic rings. The van der Waals surface area contributed by atoms with Gasteiger partial charge in [0.1, 0.15) is 16.4 Å². The third kappa shape index (κ3) is 4.22. The highest BCUT2D eigenvalue weighted by atomic mass is 35.5. The van der Waals surface area contributed by atoms with Crippen molar-refractivity contribution < 1.29 is 12.8 Å². The van der Waals surface area contributed by atoms with Crippen LogP contribution in [0.1, 0.15) is 30.4 Å². The van der Waals surface area contributed by atoms with Crippen molar-refractivity contribution in [1.29, 1.82) is 0 Å². The van der Waals surface area contributed by atoms with E-state index in [2.05, 4.69) is 0 Å². The monoisotopic (exact) mass is 336 g/mol. The highest BCUT2D eigenvalue weighted by Crippen LogP contribution is 2.30. The van der Waals surface area contributed by atoms with Crippen molar-refractivity contribution in [3.63, 3.8) is 0 Å². The average molecular weight is 337 g/mol. The molecule has 0 aliphatic carbocycles. The second-order valence-corrected chi connectivity index (χ2v) is 7.45. The van der Waals surface area contributed by atoms with E-state index >= 15 is 0 Å². The molecular weight excluding hydrogens is 312 g/mol. The molecular formula is C14H25ClN2O3S. The molecule has 122 valence electrons. The summed E-state index contributed by atoms with van der Waals surface area (Å²) in [6.45, 7) is 7.02. The van der Waals surface area contributed by atoms with E-state index in [0.29, 0.717) is 30.2 Å². The van der Waals surface area contributed by atoms with E-state index < -0.39 is 10.0 Å². The molecule has 0 fully saturated rings. The first-order valence-corrected chi connectivity index (χ1v) is 9.02. The van der Waals surface area contributed by atoms with Crippen LogP contribution in [0.25, 0.3) is 0 Å². The molecule has 0 aromatic carbocycles. The minimum Gasteiger partial charge on any atom is -0.465 e. The van der Waals surface area contributed by atoms with Crippen molar-refractivity contribution in [2.45, 2.75) is 38.0 Å². The Bertz CT molecular complexity index is 567. The summed E-state index contributed by atoms with van der Waals surface area (Å²) in [5, 5.41) is 0. The number of furan rings is 1. The van der Waals surface area contributed by atoms with Crippen LogP contribution in [0.5, 0.6) is 0 Å². The van der Waals surface area contributed by atoms with Crippen LogP contribution in [0.4, 0.5) is 0 Å². The maximum absolute atomic E-state index is 12.8. The summed E-state index contributed by atoms with van der Waals surface area (Å²) in [5.41, 5.74) is 0.570. The second-order valence-electron chi connectivity index (χ2n) is 5.31. The first-order valence-electron chi connectivity index (χ1n) is 7.05. The fraction of sp³-hybridized carbons (Fsp3) is 0.714. The summed E-state index contributed by atoms with van der Waals surface area (Å²) in [7, 11) is 0.379. The van der Waals surface area contributed by atoms with Gasteiger partial charge >= 0.3 is 0 Å². The molecule has 7 heteroatoms. The molecule has 0 amide bonds. The summed E-state index contributed by atoms with van der Waals surface area (Å²) >= 11 is 5.90. The smallest absolute Gasteiger partial charge is 0.246 e. The first kappa shape index (κ1) is 18.5. The lowest BCUT2D eigenvalue weighted by molar-refractivity contribution is 0.355. The molecule has 0 unspecified atom stereocenters. The van der Waals surface area contributed by atoms with Crippen LogP contribution in [0, 0.1) is 13.8 Å². The topological polar surface area (TPSA) is 53.8 Å². The van der Waals surface area contributed by atoms with Crippen molar-refractivity contribution in [3.05, 3.63) is 17.1 Å². The van der Waals surface area contributed by atoms with E-state index in [1.807, 2.05) is 25.9 Å². The summed E-state index contributed by atoms with van der Waals surface area (Å²) in [6.07, 6.45) is 0.784. The number of nitrogens with zero attached hydrogens (tertiary/aromatic N) is 2. The van der Waals surface area contributed by atoms with Crippen LogP contribution in [0.3, 0.4) is 0 Å². The molecule has 21 heavy (non-hydrogen) atoms. The van der Waals surface area contributed by atoms with Crippen LogP contribution in [0.2, 0.25) is 0 Å². The third-order valence-electron chi connectivity index (χ3n) is 3.42. The standard InChI is InChI=1S/C14H25ClN2O3S/c1-6-17(9-7-8-16(4)5)21(18,19)14-12(3)20-11(2)13(14)10-15/h6-10H2,1-5H3. The molecule has 0 radical (unpaired) electrons. The van der Waals surface area contributed by atoms with Gasteiger partial charge < -0.3 is 9.32 Å². The highest BCUT2D eigenvalue weighted by molar-refractivity contribution is 7.89. The molecule has 0 aliphatic heterocycles. The van der Waals surface area contributed by atoms with E-state index in [4.69, 9.17) is 16.0 Å². The van der Waals surface area contributed by atoms with Crippen LogP contribution >= 0.6 is 11.6 Å². The number of alkyl halides is 1. The van der Waals surface area contributed by atoms with Crippen molar-refractivity contribution in [2.75, 3.05) is 33.7 Å².